The van der Waals surface area contributed by atoms with E-state index in [0.29, 0.717) is 23.6 Å². The Kier molecular flexibility index (Phi) is 11.3. The molecule has 2 amide bonds. The van der Waals surface area contributed by atoms with Crippen LogP contribution in [0.15, 0.2) is 77.7 Å². The molecule has 44 heavy (non-hydrogen) atoms. The Morgan fingerprint density at radius 1 is 0.864 bits per heavy atom. The summed E-state index contributed by atoms with van der Waals surface area (Å²) in [5.74, 6) is 0.484. The Morgan fingerprint density at radius 3 is 1.98 bits per heavy atom. The van der Waals surface area contributed by atoms with E-state index in [-0.39, 0.29) is 23.4 Å². The fraction of sp³-hybridized carbons (Fsp3) is 0.412. The van der Waals surface area contributed by atoms with Gasteiger partial charge >= 0.3 is 0 Å². The SMILES string of the molecule is CC[C@@H](C(=O)NC1CCCCC1)N(Cc1ccc(OC)cc1)C(=O)CN(c1ccc(C)cc1)S(=O)(=O)c1ccc(OC)cc1. The molecular formula is C34H43N3O6S. The number of carbonyl (C=O) groups excluding carboxylic acids is 2. The van der Waals surface area contributed by atoms with Crippen LogP contribution in [0.5, 0.6) is 11.5 Å². The van der Waals surface area contributed by atoms with Gasteiger partial charge in [0, 0.05) is 12.6 Å². The molecule has 236 valence electrons. The third-order valence-electron chi connectivity index (χ3n) is 8.10. The smallest absolute Gasteiger partial charge is 0.264 e. The highest BCUT2D eigenvalue weighted by molar-refractivity contribution is 7.92. The van der Waals surface area contributed by atoms with Crippen LogP contribution in [-0.4, -0.2) is 58.0 Å². The summed E-state index contributed by atoms with van der Waals surface area (Å²) in [5, 5.41) is 3.17. The van der Waals surface area contributed by atoms with Gasteiger partial charge < -0.3 is 19.7 Å². The molecule has 3 aromatic carbocycles. The highest BCUT2D eigenvalue weighted by Crippen LogP contribution is 2.27. The number of nitrogens with zero attached hydrogens (tertiary/aromatic N) is 2. The van der Waals surface area contributed by atoms with Gasteiger partial charge in [-0.2, -0.15) is 0 Å². The molecule has 0 aliphatic heterocycles. The molecule has 0 aromatic heterocycles. The fourth-order valence-corrected chi connectivity index (χ4v) is 6.92. The van der Waals surface area contributed by atoms with Crippen LogP contribution >= 0.6 is 0 Å². The largest absolute Gasteiger partial charge is 0.497 e. The van der Waals surface area contributed by atoms with E-state index in [1.807, 2.05) is 26.0 Å². The van der Waals surface area contributed by atoms with Crippen molar-refractivity contribution in [2.75, 3.05) is 25.1 Å². The van der Waals surface area contributed by atoms with Crippen molar-refractivity contribution in [3.8, 4) is 11.5 Å². The number of sulfonamides is 1. The van der Waals surface area contributed by atoms with Crippen molar-refractivity contribution < 1.29 is 27.5 Å². The summed E-state index contributed by atoms with van der Waals surface area (Å²) in [6.45, 7) is 3.42. The normalized spacial score (nSPS) is 14.4. The number of ether oxygens (including phenoxy) is 2. The Hall–Kier alpha value is -4.05. The molecule has 1 fully saturated rings. The third-order valence-corrected chi connectivity index (χ3v) is 9.89. The summed E-state index contributed by atoms with van der Waals surface area (Å²) in [6.07, 6.45) is 5.47. The average Bonchev–Trinajstić information content (AvgIpc) is 3.04. The Labute approximate surface area is 261 Å². The molecule has 0 saturated heterocycles. The molecule has 1 atom stereocenters. The molecule has 3 aromatic rings. The maximum absolute atomic E-state index is 14.3. The second-order valence-corrected chi connectivity index (χ2v) is 13.0. The number of benzene rings is 3. The van der Waals surface area contributed by atoms with Crippen molar-refractivity contribution in [2.24, 2.45) is 0 Å². The molecule has 9 nitrogen and oxygen atoms in total. The van der Waals surface area contributed by atoms with E-state index < -0.39 is 28.5 Å². The molecule has 1 N–H and O–H groups in total. The van der Waals surface area contributed by atoms with Crippen LogP contribution in [0.4, 0.5) is 5.69 Å². The van der Waals surface area contributed by atoms with Crippen molar-refractivity contribution in [1.82, 2.24) is 10.2 Å². The van der Waals surface area contributed by atoms with Gasteiger partial charge in [0.1, 0.15) is 24.1 Å². The maximum Gasteiger partial charge on any atom is 0.264 e. The second-order valence-electron chi connectivity index (χ2n) is 11.2. The van der Waals surface area contributed by atoms with E-state index in [9.17, 15) is 18.0 Å². The van der Waals surface area contributed by atoms with Crippen LogP contribution < -0.4 is 19.1 Å². The monoisotopic (exact) mass is 621 g/mol. The molecule has 0 radical (unpaired) electrons. The molecule has 0 unspecified atom stereocenters. The van der Waals surface area contributed by atoms with Crippen LogP contribution in [0, 0.1) is 6.92 Å². The van der Waals surface area contributed by atoms with E-state index in [4.69, 9.17) is 9.47 Å². The highest BCUT2D eigenvalue weighted by atomic mass is 32.2. The maximum atomic E-state index is 14.3. The first-order chi connectivity index (χ1) is 21.2. The number of amides is 2. The van der Waals surface area contributed by atoms with E-state index in [0.717, 1.165) is 47.5 Å². The summed E-state index contributed by atoms with van der Waals surface area (Å²) in [6, 6.07) is 19.6. The topological polar surface area (TPSA) is 105 Å². The lowest BCUT2D eigenvalue weighted by Crippen LogP contribution is -2.54. The Morgan fingerprint density at radius 2 is 1.43 bits per heavy atom. The fourth-order valence-electron chi connectivity index (χ4n) is 5.51. The van der Waals surface area contributed by atoms with Gasteiger partial charge in [0.05, 0.1) is 24.8 Å². The first kappa shape index (κ1) is 32.9. The Balaban J connectivity index is 1.70. The minimum absolute atomic E-state index is 0.0236. The zero-order chi connectivity index (χ0) is 31.7. The van der Waals surface area contributed by atoms with Gasteiger partial charge in [0.25, 0.3) is 10.0 Å². The third kappa shape index (κ3) is 8.11. The number of hydrogen-bond acceptors (Lipinski definition) is 6. The van der Waals surface area contributed by atoms with Crippen molar-refractivity contribution in [3.05, 3.63) is 83.9 Å². The molecule has 0 spiro atoms. The number of hydrogen-bond donors (Lipinski definition) is 1. The molecule has 4 rings (SSSR count). The zero-order valence-electron chi connectivity index (χ0n) is 26.0. The van der Waals surface area contributed by atoms with Gasteiger partial charge in [-0.25, -0.2) is 8.42 Å². The highest BCUT2D eigenvalue weighted by Gasteiger charge is 2.34. The van der Waals surface area contributed by atoms with Gasteiger partial charge in [-0.1, -0.05) is 56.0 Å². The summed E-state index contributed by atoms with van der Waals surface area (Å²) >= 11 is 0. The van der Waals surface area contributed by atoms with E-state index in [2.05, 4.69) is 5.32 Å². The van der Waals surface area contributed by atoms with Gasteiger partial charge in [0.15, 0.2) is 0 Å². The van der Waals surface area contributed by atoms with Crippen LogP contribution in [0.3, 0.4) is 0 Å². The zero-order valence-corrected chi connectivity index (χ0v) is 26.8. The number of methoxy groups -OCH3 is 2. The average molecular weight is 622 g/mol. The standard InChI is InChI=1S/C34H43N3O6S/c1-5-32(34(39)35-27-9-7-6-8-10-27)36(23-26-13-17-29(42-3)18-14-26)33(38)24-37(28-15-11-25(2)12-16-28)44(40,41)31-21-19-30(43-4)20-22-31/h11-22,27,32H,5-10,23-24H2,1-4H3,(H,35,39)/t32-/m0/s1. The van der Waals surface area contributed by atoms with E-state index in [1.165, 1.54) is 24.1 Å². The molecular weight excluding hydrogens is 578 g/mol. The van der Waals surface area contributed by atoms with Gasteiger partial charge in [-0.15, -0.1) is 0 Å². The molecule has 0 heterocycles. The number of nitrogens with one attached hydrogen (secondary N) is 1. The quantitative estimate of drug-likeness (QED) is 0.272. The minimum atomic E-state index is -4.16. The van der Waals surface area contributed by atoms with E-state index >= 15 is 0 Å². The predicted octanol–water partition coefficient (Wildman–Crippen LogP) is 5.46. The Bertz CT molecular complexity index is 1490. The summed E-state index contributed by atoms with van der Waals surface area (Å²) in [5.41, 5.74) is 2.10. The lowest BCUT2D eigenvalue weighted by Gasteiger charge is -2.34. The van der Waals surface area contributed by atoms with Crippen molar-refractivity contribution in [1.29, 1.82) is 0 Å². The summed E-state index contributed by atoms with van der Waals surface area (Å²) in [4.78, 5) is 29.5. The molecule has 10 heteroatoms. The van der Waals surface area contributed by atoms with Crippen LogP contribution in [0.1, 0.15) is 56.6 Å². The summed E-state index contributed by atoms with van der Waals surface area (Å²) < 4.78 is 39.7. The van der Waals surface area contributed by atoms with Crippen LogP contribution in [-0.2, 0) is 26.2 Å². The van der Waals surface area contributed by atoms with Gasteiger partial charge in [-0.3, -0.25) is 13.9 Å². The lowest BCUT2D eigenvalue weighted by molar-refractivity contribution is -0.140. The first-order valence-corrected chi connectivity index (χ1v) is 16.6. The first-order valence-electron chi connectivity index (χ1n) is 15.1. The lowest BCUT2D eigenvalue weighted by atomic mass is 9.95. The van der Waals surface area contributed by atoms with Gasteiger partial charge in [-0.05, 0) is 80.3 Å². The minimum Gasteiger partial charge on any atom is -0.497 e. The molecule has 1 saturated carbocycles. The van der Waals surface area contributed by atoms with Gasteiger partial charge in [0.2, 0.25) is 11.8 Å². The van der Waals surface area contributed by atoms with Crippen molar-refractivity contribution >= 4 is 27.5 Å². The predicted molar refractivity (Wildman–Crippen MR) is 171 cm³/mol. The second kappa shape index (κ2) is 15.1. The van der Waals surface area contributed by atoms with Crippen molar-refractivity contribution in [3.63, 3.8) is 0 Å². The number of rotatable bonds is 13. The van der Waals surface area contributed by atoms with E-state index in [1.54, 1.807) is 55.6 Å². The van der Waals surface area contributed by atoms with Crippen LogP contribution in [0.25, 0.3) is 0 Å². The molecule has 1 aliphatic rings. The number of anilines is 1. The molecule has 1 aliphatic carbocycles. The number of carbonyl (C=O) groups is 2. The van der Waals surface area contributed by atoms with Crippen molar-refractivity contribution in [2.45, 2.75) is 75.9 Å². The summed E-state index contributed by atoms with van der Waals surface area (Å²) in [7, 11) is -1.08. The van der Waals surface area contributed by atoms with Crippen LogP contribution in [0.2, 0.25) is 0 Å². The molecule has 0 bridgehead atoms. The number of aryl methyl sites for hydroxylation is 1.